The van der Waals surface area contributed by atoms with E-state index in [1.54, 1.807) is 0 Å². The fourth-order valence-corrected chi connectivity index (χ4v) is 3.52. The van der Waals surface area contributed by atoms with E-state index in [4.69, 9.17) is 16.3 Å². The molecule has 2 fully saturated rings. The van der Waals surface area contributed by atoms with Gasteiger partial charge in [0.15, 0.2) is 5.15 Å². The highest BCUT2D eigenvalue weighted by molar-refractivity contribution is 6.34. The van der Waals surface area contributed by atoms with E-state index in [0.717, 1.165) is 30.2 Å². The lowest BCUT2D eigenvalue weighted by Crippen LogP contribution is -2.29. The minimum Gasteiger partial charge on any atom is -0.393 e. The van der Waals surface area contributed by atoms with Crippen LogP contribution < -0.4 is 0 Å². The van der Waals surface area contributed by atoms with Gasteiger partial charge in [-0.3, -0.25) is 4.68 Å². The zero-order valence-electron chi connectivity index (χ0n) is 10.4. The number of rotatable bonds is 2. The van der Waals surface area contributed by atoms with E-state index in [1.165, 1.54) is 0 Å². The molecule has 1 aromatic carbocycles. The van der Waals surface area contributed by atoms with Crippen molar-refractivity contribution in [1.29, 1.82) is 0 Å². The summed E-state index contributed by atoms with van der Waals surface area (Å²) in [5.74, 6) is 0. The first-order valence-electron chi connectivity index (χ1n) is 6.65. The molecule has 1 N–H and O–H groups in total. The van der Waals surface area contributed by atoms with Crippen LogP contribution in [0.1, 0.15) is 25.3 Å². The maximum absolute atomic E-state index is 9.36. The number of aromatic nitrogens is 2. The Balaban J connectivity index is 1.69. The van der Waals surface area contributed by atoms with E-state index >= 15 is 0 Å². The summed E-state index contributed by atoms with van der Waals surface area (Å²) in [6.45, 7) is 0.130. The molecule has 2 heterocycles. The van der Waals surface area contributed by atoms with Crippen molar-refractivity contribution in [3.63, 3.8) is 0 Å². The first-order valence-corrected chi connectivity index (χ1v) is 7.03. The number of aliphatic hydroxyl groups excluding tert-OH is 1. The molecular formula is C14H15ClN2O2. The summed E-state index contributed by atoms with van der Waals surface area (Å²) >= 11 is 6.20. The molecule has 0 spiro atoms. The number of ether oxygens (including phenoxy) is 1. The van der Waals surface area contributed by atoms with Gasteiger partial charge < -0.3 is 9.84 Å². The molecule has 2 aromatic rings. The lowest BCUT2D eigenvalue weighted by atomic mass is 9.86. The Morgan fingerprint density at radius 2 is 2.32 bits per heavy atom. The quantitative estimate of drug-likeness (QED) is 0.859. The number of hydrogen-bond donors (Lipinski definition) is 1. The van der Waals surface area contributed by atoms with Gasteiger partial charge >= 0.3 is 0 Å². The molecule has 1 aliphatic carbocycles. The van der Waals surface area contributed by atoms with Crippen LogP contribution in [0, 0.1) is 0 Å². The van der Waals surface area contributed by atoms with E-state index in [1.807, 2.05) is 22.9 Å². The minimum absolute atomic E-state index is 0.130. The molecule has 4 nitrogen and oxygen atoms in total. The minimum atomic E-state index is -0.247. The van der Waals surface area contributed by atoms with Crippen LogP contribution in [0.15, 0.2) is 24.3 Å². The van der Waals surface area contributed by atoms with Gasteiger partial charge in [-0.05, 0) is 31.4 Å². The second-order valence-electron chi connectivity index (χ2n) is 5.51. The molecule has 0 bridgehead atoms. The Morgan fingerprint density at radius 3 is 3.11 bits per heavy atom. The first-order chi connectivity index (χ1) is 9.23. The average Bonchev–Trinajstić information content (AvgIpc) is 3.09. The molecule has 100 valence electrons. The summed E-state index contributed by atoms with van der Waals surface area (Å²) in [5, 5.41) is 15.4. The molecule has 2 aliphatic rings. The molecule has 5 heteroatoms. The van der Waals surface area contributed by atoms with Crippen molar-refractivity contribution in [2.45, 2.75) is 37.0 Å². The van der Waals surface area contributed by atoms with Gasteiger partial charge in [-0.15, -0.1) is 0 Å². The normalized spacial score (nSPS) is 33.4. The maximum Gasteiger partial charge on any atom is 0.158 e. The zero-order valence-corrected chi connectivity index (χ0v) is 11.2. The zero-order chi connectivity index (χ0) is 13.0. The average molecular weight is 279 g/mol. The summed E-state index contributed by atoms with van der Waals surface area (Å²) in [4.78, 5) is 0. The predicted molar refractivity (Wildman–Crippen MR) is 72.3 cm³/mol. The molecule has 0 amide bonds. The topological polar surface area (TPSA) is 50.6 Å². The molecule has 3 atom stereocenters. The van der Waals surface area contributed by atoms with Crippen molar-refractivity contribution in [1.82, 2.24) is 9.78 Å². The van der Waals surface area contributed by atoms with Crippen molar-refractivity contribution in [2.75, 3.05) is 6.61 Å². The van der Waals surface area contributed by atoms with E-state index in [0.29, 0.717) is 11.2 Å². The Bertz CT molecular complexity index is 641. The second-order valence-corrected chi connectivity index (χ2v) is 5.87. The van der Waals surface area contributed by atoms with Crippen LogP contribution >= 0.6 is 11.6 Å². The van der Waals surface area contributed by atoms with E-state index in [2.05, 4.69) is 11.2 Å². The van der Waals surface area contributed by atoms with E-state index < -0.39 is 0 Å². The van der Waals surface area contributed by atoms with Gasteiger partial charge in [0, 0.05) is 5.39 Å². The van der Waals surface area contributed by atoms with Gasteiger partial charge in [-0.1, -0.05) is 23.7 Å². The van der Waals surface area contributed by atoms with Crippen LogP contribution in [0.25, 0.3) is 10.9 Å². The van der Waals surface area contributed by atoms with E-state index in [9.17, 15) is 5.11 Å². The molecule has 0 radical (unpaired) electrons. The molecule has 0 unspecified atom stereocenters. The number of benzene rings is 1. The summed E-state index contributed by atoms with van der Waals surface area (Å²) in [6, 6.07) is 8.34. The third kappa shape index (κ3) is 1.64. The molecular weight excluding hydrogens is 264 g/mol. The Hall–Kier alpha value is -1.10. The maximum atomic E-state index is 9.36. The standard InChI is InChI=1S/C14H15ClN2O2/c15-13-10-3-1-2-4-11(10)17(16-13)9-5-6-14(8-18)12(7-9)19-14/h1-4,9,12,18H,5-8H2/t9-,12+,14+/m0/s1. The summed E-state index contributed by atoms with van der Waals surface area (Å²) in [7, 11) is 0. The van der Waals surface area contributed by atoms with Crippen LogP contribution in [0.3, 0.4) is 0 Å². The molecule has 19 heavy (non-hydrogen) atoms. The van der Waals surface area contributed by atoms with Crippen molar-refractivity contribution in [3.8, 4) is 0 Å². The monoisotopic (exact) mass is 278 g/mol. The SMILES string of the molecule is OC[C@]12CC[C@H](n3nc(Cl)c4ccccc43)C[C@H]1O2. The lowest BCUT2D eigenvalue weighted by molar-refractivity contribution is 0.158. The van der Waals surface area contributed by atoms with Gasteiger partial charge in [-0.25, -0.2) is 0 Å². The van der Waals surface area contributed by atoms with Gasteiger partial charge in [0.05, 0.1) is 24.3 Å². The van der Waals surface area contributed by atoms with Crippen LogP contribution in [-0.2, 0) is 4.74 Å². The van der Waals surface area contributed by atoms with Gasteiger partial charge in [0.2, 0.25) is 0 Å². The number of aliphatic hydroxyl groups is 1. The second kappa shape index (κ2) is 3.95. The first kappa shape index (κ1) is 11.7. The van der Waals surface area contributed by atoms with Crippen LogP contribution in [-0.4, -0.2) is 33.2 Å². The molecule has 1 saturated carbocycles. The summed E-state index contributed by atoms with van der Waals surface area (Å²) in [6.07, 6.45) is 2.95. The smallest absolute Gasteiger partial charge is 0.158 e. The third-order valence-corrected chi connectivity index (χ3v) is 4.75. The van der Waals surface area contributed by atoms with Crippen molar-refractivity contribution < 1.29 is 9.84 Å². The Labute approximate surface area is 115 Å². The fraction of sp³-hybridized carbons (Fsp3) is 0.500. The fourth-order valence-electron chi connectivity index (χ4n) is 3.28. The van der Waals surface area contributed by atoms with Gasteiger partial charge in [-0.2, -0.15) is 5.10 Å². The lowest BCUT2D eigenvalue weighted by Gasteiger charge is -2.24. The molecule has 4 rings (SSSR count). The number of hydrogen-bond acceptors (Lipinski definition) is 3. The number of para-hydroxylation sites is 1. The highest BCUT2D eigenvalue weighted by Crippen LogP contribution is 2.51. The summed E-state index contributed by atoms with van der Waals surface area (Å²) in [5.41, 5.74) is 0.832. The summed E-state index contributed by atoms with van der Waals surface area (Å²) < 4.78 is 7.69. The highest BCUT2D eigenvalue weighted by atomic mass is 35.5. The van der Waals surface area contributed by atoms with Crippen molar-refractivity contribution in [2.24, 2.45) is 0 Å². The van der Waals surface area contributed by atoms with Crippen LogP contribution in [0.4, 0.5) is 0 Å². The number of nitrogens with zero attached hydrogens (tertiary/aromatic N) is 2. The number of halogens is 1. The molecule has 1 saturated heterocycles. The van der Waals surface area contributed by atoms with Crippen LogP contribution in [0.5, 0.6) is 0 Å². The molecule has 1 aromatic heterocycles. The van der Waals surface area contributed by atoms with Crippen LogP contribution in [0.2, 0.25) is 5.15 Å². The Kier molecular flexibility index (Phi) is 2.43. The van der Waals surface area contributed by atoms with Crippen molar-refractivity contribution in [3.05, 3.63) is 29.4 Å². The predicted octanol–water partition coefficient (Wildman–Crippen LogP) is 2.54. The number of fused-ring (bicyclic) bond motifs is 2. The highest BCUT2D eigenvalue weighted by Gasteiger charge is 2.59. The largest absolute Gasteiger partial charge is 0.393 e. The van der Waals surface area contributed by atoms with Gasteiger partial charge in [0.25, 0.3) is 0 Å². The third-order valence-electron chi connectivity index (χ3n) is 4.48. The van der Waals surface area contributed by atoms with Crippen molar-refractivity contribution >= 4 is 22.5 Å². The Morgan fingerprint density at radius 1 is 1.47 bits per heavy atom. The van der Waals surface area contributed by atoms with E-state index in [-0.39, 0.29) is 18.3 Å². The molecule has 1 aliphatic heterocycles. The van der Waals surface area contributed by atoms with Gasteiger partial charge in [0.1, 0.15) is 5.60 Å². The number of epoxide rings is 1.